The van der Waals surface area contributed by atoms with Crippen molar-refractivity contribution in [3.63, 3.8) is 0 Å². The Kier molecular flexibility index (Phi) is 3.71. The second kappa shape index (κ2) is 5.13. The minimum atomic E-state index is -4.41. The molecule has 19 heavy (non-hydrogen) atoms. The number of carbonyl (C=O) groups is 1. The molecular weight excluding hydrogens is 281 g/mol. The topological polar surface area (TPSA) is 34.0 Å². The lowest BCUT2D eigenvalue weighted by Crippen LogP contribution is -2.35. The summed E-state index contributed by atoms with van der Waals surface area (Å²) >= 11 is 6.00. The van der Waals surface area contributed by atoms with Gasteiger partial charge in [-0.3, -0.25) is 4.79 Å². The third kappa shape index (κ3) is 3.41. The first kappa shape index (κ1) is 13.7. The van der Waals surface area contributed by atoms with Crippen LogP contribution >= 0.6 is 11.6 Å². The number of fused-ring (bicyclic) bond motifs is 1. The lowest BCUT2D eigenvalue weighted by atomic mass is 10.2. The molecule has 3 nitrogen and oxygen atoms in total. The average Bonchev–Trinajstić information content (AvgIpc) is 2.70. The van der Waals surface area contributed by atoms with Crippen molar-refractivity contribution in [2.45, 2.75) is 12.7 Å². The Bertz CT molecular complexity index is 607. The number of rotatable bonds is 3. The number of nitrogens with zero attached hydrogens (tertiary/aromatic N) is 1. The molecular formula is C12H10ClF3N2O. The fourth-order valence-electron chi connectivity index (χ4n) is 1.76. The minimum Gasteiger partial charge on any atom is -0.345 e. The van der Waals surface area contributed by atoms with Gasteiger partial charge in [0.05, 0.1) is 10.5 Å². The molecule has 1 heterocycles. The Morgan fingerprint density at radius 3 is 2.74 bits per heavy atom. The highest BCUT2D eigenvalue weighted by Gasteiger charge is 2.27. The lowest BCUT2D eigenvalue weighted by molar-refractivity contribution is -0.138. The van der Waals surface area contributed by atoms with E-state index in [1.54, 1.807) is 24.4 Å². The number of alkyl halides is 3. The number of hydrogen-bond acceptors (Lipinski definition) is 1. The van der Waals surface area contributed by atoms with Gasteiger partial charge < -0.3 is 9.88 Å². The molecule has 0 aliphatic heterocycles. The molecule has 1 aromatic carbocycles. The van der Waals surface area contributed by atoms with Gasteiger partial charge >= 0.3 is 6.18 Å². The average molecular weight is 291 g/mol. The predicted octanol–water partition coefficient (Wildman–Crippen LogP) is 2.97. The molecule has 0 atom stereocenters. The summed E-state index contributed by atoms with van der Waals surface area (Å²) in [7, 11) is 0. The van der Waals surface area contributed by atoms with Crippen LogP contribution in [0.2, 0.25) is 5.02 Å². The van der Waals surface area contributed by atoms with Crippen molar-refractivity contribution >= 4 is 28.4 Å². The first-order chi connectivity index (χ1) is 8.87. The highest BCUT2D eigenvalue weighted by molar-refractivity contribution is 6.35. The first-order valence-electron chi connectivity index (χ1n) is 5.43. The van der Waals surface area contributed by atoms with E-state index in [4.69, 9.17) is 11.6 Å². The van der Waals surface area contributed by atoms with Crippen molar-refractivity contribution in [3.8, 4) is 0 Å². The van der Waals surface area contributed by atoms with Crippen molar-refractivity contribution in [1.29, 1.82) is 0 Å². The number of carbonyl (C=O) groups excluding carboxylic acids is 1. The maximum atomic E-state index is 12.0. The quantitative estimate of drug-likeness (QED) is 0.926. The molecule has 0 aliphatic carbocycles. The molecule has 0 aliphatic rings. The first-order valence-corrected chi connectivity index (χ1v) is 5.81. The number of para-hydroxylation sites is 1. The molecule has 0 radical (unpaired) electrons. The van der Waals surface area contributed by atoms with Crippen molar-refractivity contribution in [2.24, 2.45) is 0 Å². The van der Waals surface area contributed by atoms with E-state index in [0.29, 0.717) is 10.5 Å². The number of amides is 1. The summed E-state index contributed by atoms with van der Waals surface area (Å²) < 4.78 is 37.4. The van der Waals surface area contributed by atoms with E-state index >= 15 is 0 Å². The van der Waals surface area contributed by atoms with Gasteiger partial charge in [0.2, 0.25) is 5.91 Å². The summed E-state index contributed by atoms with van der Waals surface area (Å²) in [5.74, 6) is -0.713. The zero-order valence-corrected chi connectivity index (χ0v) is 10.4. The molecule has 1 amide bonds. The Hall–Kier alpha value is -1.69. The van der Waals surface area contributed by atoms with Crippen molar-refractivity contribution < 1.29 is 18.0 Å². The van der Waals surface area contributed by atoms with Gasteiger partial charge in [-0.15, -0.1) is 0 Å². The van der Waals surface area contributed by atoms with Gasteiger partial charge in [0.25, 0.3) is 0 Å². The molecule has 0 unspecified atom stereocenters. The third-order valence-electron chi connectivity index (χ3n) is 2.54. The van der Waals surface area contributed by atoms with Crippen LogP contribution in [0.1, 0.15) is 0 Å². The van der Waals surface area contributed by atoms with Crippen LogP contribution in [0.4, 0.5) is 13.2 Å². The summed E-state index contributed by atoms with van der Waals surface area (Å²) in [6, 6.07) is 6.98. The minimum absolute atomic E-state index is 0.205. The Balaban J connectivity index is 2.11. The Morgan fingerprint density at radius 2 is 2.05 bits per heavy atom. The lowest BCUT2D eigenvalue weighted by Gasteiger charge is -2.10. The summed E-state index contributed by atoms with van der Waals surface area (Å²) in [6.45, 7) is -1.54. The van der Waals surface area contributed by atoms with Gasteiger partial charge in [0.15, 0.2) is 0 Å². The summed E-state index contributed by atoms with van der Waals surface area (Å²) in [4.78, 5) is 11.4. The zero-order chi connectivity index (χ0) is 14.0. The maximum Gasteiger partial charge on any atom is 0.405 e. The van der Waals surface area contributed by atoms with Gasteiger partial charge in [-0.2, -0.15) is 13.2 Å². The molecule has 0 fully saturated rings. The number of nitrogens with one attached hydrogen (secondary N) is 1. The normalized spacial score (nSPS) is 11.8. The summed E-state index contributed by atoms with van der Waals surface area (Å²) in [6.07, 6.45) is -2.80. The second-order valence-corrected chi connectivity index (χ2v) is 4.42. The fraction of sp³-hybridized carbons (Fsp3) is 0.250. The van der Waals surface area contributed by atoms with Crippen LogP contribution < -0.4 is 5.32 Å². The number of benzene rings is 1. The number of aromatic nitrogens is 1. The van der Waals surface area contributed by atoms with Gasteiger partial charge in [0, 0.05) is 11.6 Å². The molecule has 1 N–H and O–H groups in total. The molecule has 0 saturated heterocycles. The molecule has 0 saturated carbocycles. The van der Waals surface area contributed by atoms with E-state index in [1.165, 1.54) is 4.57 Å². The molecule has 2 aromatic rings. The van der Waals surface area contributed by atoms with Crippen molar-refractivity contribution in [1.82, 2.24) is 9.88 Å². The largest absolute Gasteiger partial charge is 0.405 e. The standard InChI is InChI=1S/C12H10ClF3N2O/c13-9-3-1-2-8-4-5-18(11(8)9)6-10(19)17-7-12(14,15)16/h1-5H,6-7H2,(H,17,19). The highest BCUT2D eigenvalue weighted by Crippen LogP contribution is 2.24. The molecule has 7 heteroatoms. The van der Waals surface area contributed by atoms with Crippen LogP contribution in [0.15, 0.2) is 30.5 Å². The summed E-state index contributed by atoms with van der Waals surface area (Å²) in [5, 5.41) is 3.10. The van der Waals surface area contributed by atoms with Gasteiger partial charge in [-0.1, -0.05) is 23.7 Å². The SMILES string of the molecule is O=C(Cn1ccc2cccc(Cl)c21)NCC(F)(F)F. The van der Waals surface area contributed by atoms with E-state index in [-0.39, 0.29) is 6.54 Å². The molecule has 102 valence electrons. The highest BCUT2D eigenvalue weighted by atomic mass is 35.5. The predicted molar refractivity (Wildman–Crippen MR) is 66.0 cm³/mol. The molecule has 1 aromatic heterocycles. The zero-order valence-electron chi connectivity index (χ0n) is 9.67. The van der Waals surface area contributed by atoms with Crippen LogP contribution in [0, 0.1) is 0 Å². The van der Waals surface area contributed by atoms with Crippen LogP contribution in [-0.4, -0.2) is 23.2 Å². The molecule has 0 spiro atoms. The third-order valence-corrected chi connectivity index (χ3v) is 2.84. The van der Waals surface area contributed by atoms with Crippen molar-refractivity contribution in [2.75, 3.05) is 6.54 Å². The monoisotopic (exact) mass is 290 g/mol. The summed E-state index contributed by atoms with van der Waals surface area (Å²) in [5.41, 5.74) is 0.631. The van der Waals surface area contributed by atoms with E-state index in [1.807, 2.05) is 11.4 Å². The van der Waals surface area contributed by atoms with Gasteiger partial charge in [0.1, 0.15) is 13.1 Å². The van der Waals surface area contributed by atoms with Gasteiger partial charge in [-0.25, -0.2) is 0 Å². The van der Waals surface area contributed by atoms with Crippen LogP contribution in [0.3, 0.4) is 0 Å². The maximum absolute atomic E-state index is 12.0. The van der Waals surface area contributed by atoms with E-state index in [2.05, 4.69) is 0 Å². The number of hydrogen-bond donors (Lipinski definition) is 1. The van der Waals surface area contributed by atoms with Crippen LogP contribution in [-0.2, 0) is 11.3 Å². The smallest absolute Gasteiger partial charge is 0.345 e. The van der Waals surface area contributed by atoms with Crippen LogP contribution in [0.25, 0.3) is 10.9 Å². The Morgan fingerprint density at radius 1 is 1.32 bits per heavy atom. The van der Waals surface area contributed by atoms with E-state index in [0.717, 1.165) is 5.39 Å². The number of halogens is 4. The molecule has 2 rings (SSSR count). The second-order valence-electron chi connectivity index (χ2n) is 4.01. The van der Waals surface area contributed by atoms with Gasteiger partial charge in [-0.05, 0) is 12.1 Å². The van der Waals surface area contributed by atoms with E-state index < -0.39 is 18.6 Å². The molecule has 0 bridgehead atoms. The van der Waals surface area contributed by atoms with E-state index in [9.17, 15) is 18.0 Å². The fourth-order valence-corrected chi connectivity index (χ4v) is 2.05. The Labute approximate surface area is 112 Å². The van der Waals surface area contributed by atoms with Crippen molar-refractivity contribution in [3.05, 3.63) is 35.5 Å². The van der Waals surface area contributed by atoms with Crippen LogP contribution in [0.5, 0.6) is 0 Å².